The van der Waals surface area contributed by atoms with Crippen LogP contribution in [0.5, 0.6) is 5.75 Å². The summed E-state index contributed by atoms with van der Waals surface area (Å²) in [5.41, 5.74) is 1.44. The van der Waals surface area contributed by atoms with Crippen molar-refractivity contribution in [3.63, 3.8) is 0 Å². The summed E-state index contributed by atoms with van der Waals surface area (Å²) in [5, 5.41) is 22.0. The van der Waals surface area contributed by atoms with Crippen LogP contribution in [0.3, 0.4) is 0 Å². The molecule has 0 aliphatic rings. The summed E-state index contributed by atoms with van der Waals surface area (Å²) in [7, 11) is -0.0761. The Hall–Kier alpha value is -1.99. The summed E-state index contributed by atoms with van der Waals surface area (Å²) >= 11 is 0. The van der Waals surface area contributed by atoms with Gasteiger partial charge in [-0.2, -0.15) is 0 Å². The van der Waals surface area contributed by atoms with Crippen molar-refractivity contribution in [3.05, 3.63) is 30.0 Å². The summed E-state index contributed by atoms with van der Waals surface area (Å²) in [4.78, 5) is 11.1. The molecule has 0 aliphatic heterocycles. The third-order valence-corrected chi connectivity index (χ3v) is 3.05. The van der Waals surface area contributed by atoms with E-state index in [4.69, 9.17) is 9.15 Å². The molecule has 0 fully saturated rings. The molecule has 2 aromatic rings. The first-order valence-electron chi connectivity index (χ1n) is 6.18. The van der Waals surface area contributed by atoms with E-state index in [1.807, 2.05) is 6.07 Å². The zero-order valence-electron chi connectivity index (χ0n) is 11.3. The number of carbonyl (C=O) groups excluding carboxylic acids is 1. The van der Waals surface area contributed by atoms with Gasteiger partial charge in [0.05, 0.1) is 19.3 Å². The Bertz CT molecular complexity index is 610. The second-order valence-corrected chi connectivity index (χ2v) is 4.55. The number of methoxy groups -OCH3 is 1. The van der Waals surface area contributed by atoms with Crippen molar-refractivity contribution in [2.75, 3.05) is 7.11 Å². The minimum Gasteiger partial charge on any atom is -0.497 e. The highest BCUT2D eigenvalue weighted by Gasteiger charge is 2.26. The third kappa shape index (κ3) is 3.12. The minimum absolute atomic E-state index is 0.247. The molecule has 0 unspecified atom stereocenters. The molecule has 2 rings (SSSR count). The van der Waals surface area contributed by atoms with Crippen molar-refractivity contribution < 1.29 is 24.0 Å². The highest BCUT2D eigenvalue weighted by Crippen LogP contribution is 2.26. The predicted molar refractivity (Wildman–Crippen MR) is 74.3 cm³/mol. The number of ether oxygens (including phenoxy) is 1. The molecular weight excluding hydrogens is 261 g/mol. The van der Waals surface area contributed by atoms with Gasteiger partial charge in [0, 0.05) is 12.3 Å². The lowest BCUT2D eigenvalue weighted by Crippen LogP contribution is -2.47. The molecule has 0 saturated carbocycles. The van der Waals surface area contributed by atoms with E-state index >= 15 is 0 Å². The van der Waals surface area contributed by atoms with Gasteiger partial charge in [-0.05, 0) is 30.2 Å². The molecule has 6 nitrogen and oxygen atoms in total. The number of fused-ring (bicyclic) bond motifs is 1. The summed E-state index contributed by atoms with van der Waals surface area (Å²) in [6.45, 7) is 1.33. The molecule has 0 aliphatic carbocycles. The van der Waals surface area contributed by atoms with Gasteiger partial charge in [0.15, 0.2) is 0 Å². The molecule has 106 valence electrons. The molecule has 7 heteroatoms. The van der Waals surface area contributed by atoms with Gasteiger partial charge in [-0.1, -0.05) is 0 Å². The summed E-state index contributed by atoms with van der Waals surface area (Å²) in [6.07, 6.45) is 1.79. The van der Waals surface area contributed by atoms with E-state index in [-0.39, 0.29) is 12.3 Å². The molecule has 1 atom stereocenters. The molecule has 0 radical (unpaired) electrons. The van der Waals surface area contributed by atoms with Crippen molar-refractivity contribution >= 4 is 24.0 Å². The topological polar surface area (TPSA) is 91.9 Å². The van der Waals surface area contributed by atoms with Crippen molar-refractivity contribution in [3.8, 4) is 5.75 Å². The Morgan fingerprint density at radius 2 is 2.25 bits per heavy atom. The number of carbonyl (C=O) groups is 1. The van der Waals surface area contributed by atoms with Gasteiger partial charge in [-0.15, -0.1) is 0 Å². The van der Waals surface area contributed by atoms with Gasteiger partial charge in [0.1, 0.15) is 11.3 Å². The van der Waals surface area contributed by atoms with Crippen molar-refractivity contribution in [1.82, 2.24) is 5.32 Å². The second-order valence-electron chi connectivity index (χ2n) is 4.55. The summed E-state index contributed by atoms with van der Waals surface area (Å²) < 4.78 is 10.6. The van der Waals surface area contributed by atoms with Gasteiger partial charge in [-0.3, -0.25) is 4.79 Å². The maximum Gasteiger partial charge on any atom is 0.475 e. The fourth-order valence-electron chi connectivity index (χ4n) is 2.07. The molecule has 1 aromatic carbocycles. The SMILES string of the molecule is COc1ccc2occ(C[C@H](NC(C)=O)B(O)O)c2c1. The van der Waals surface area contributed by atoms with Crippen molar-refractivity contribution in [2.24, 2.45) is 0 Å². The van der Waals surface area contributed by atoms with Crippen LogP contribution in [0, 0.1) is 0 Å². The van der Waals surface area contributed by atoms with Crippen LogP contribution >= 0.6 is 0 Å². The van der Waals surface area contributed by atoms with Crippen LogP contribution in [-0.2, 0) is 11.2 Å². The molecule has 1 aromatic heterocycles. The standard InChI is InChI=1S/C13H16BNO5/c1-8(16)15-13(14(17)18)5-9-7-20-12-4-3-10(19-2)6-11(9)12/h3-4,6-7,13,17-18H,5H2,1-2H3,(H,15,16)/t13-/m0/s1. The number of furan rings is 1. The molecule has 1 heterocycles. The molecule has 0 spiro atoms. The fraction of sp³-hybridized carbons (Fsp3) is 0.308. The molecule has 0 bridgehead atoms. The largest absolute Gasteiger partial charge is 0.497 e. The Labute approximate surface area is 116 Å². The zero-order valence-corrected chi connectivity index (χ0v) is 11.3. The maximum absolute atomic E-state index is 11.1. The van der Waals surface area contributed by atoms with Crippen LogP contribution in [0.25, 0.3) is 11.0 Å². The van der Waals surface area contributed by atoms with Crippen LogP contribution in [0.1, 0.15) is 12.5 Å². The van der Waals surface area contributed by atoms with Crippen molar-refractivity contribution in [2.45, 2.75) is 19.3 Å². The van der Waals surface area contributed by atoms with E-state index < -0.39 is 13.1 Å². The number of benzene rings is 1. The first-order valence-corrected chi connectivity index (χ1v) is 6.18. The Balaban J connectivity index is 2.29. The molecular formula is C13H16BNO5. The first-order chi connectivity index (χ1) is 9.51. The fourth-order valence-corrected chi connectivity index (χ4v) is 2.07. The normalized spacial score (nSPS) is 12.2. The lowest BCUT2D eigenvalue weighted by atomic mass is 9.76. The average Bonchev–Trinajstić information content (AvgIpc) is 2.79. The number of rotatable bonds is 5. The predicted octanol–water partition coefficient (Wildman–Crippen LogP) is 0.501. The van der Waals surface area contributed by atoms with E-state index in [2.05, 4.69) is 5.32 Å². The van der Waals surface area contributed by atoms with E-state index in [0.29, 0.717) is 11.3 Å². The van der Waals surface area contributed by atoms with E-state index in [1.54, 1.807) is 25.5 Å². The third-order valence-electron chi connectivity index (χ3n) is 3.05. The van der Waals surface area contributed by atoms with Crippen molar-refractivity contribution in [1.29, 1.82) is 0 Å². The quantitative estimate of drug-likeness (QED) is 0.692. The molecule has 20 heavy (non-hydrogen) atoms. The highest BCUT2D eigenvalue weighted by molar-refractivity contribution is 6.43. The van der Waals surface area contributed by atoms with Gasteiger partial charge >= 0.3 is 7.12 Å². The van der Waals surface area contributed by atoms with Gasteiger partial charge < -0.3 is 24.5 Å². The first kappa shape index (κ1) is 14.4. The average molecular weight is 277 g/mol. The van der Waals surface area contributed by atoms with Crippen LogP contribution in [0.2, 0.25) is 0 Å². The van der Waals surface area contributed by atoms with E-state index in [1.165, 1.54) is 6.92 Å². The monoisotopic (exact) mass is 277 g/mol. The zero-order chi connectivity index (χ0) is 14.7. The van der Waals surface area contributed by atoms with Gasteiger partial charge in [0.2, 0.25) is 5.91 Å². The molecule has 3 N–H and O–H groups in total. The Morgan fingerprint density at radius 1 is 1.50 bits per heavy atom. The highest BCUT2D eigenvalue weighted by atomic mass is 16.5. The Kier molecular flexibility index (Phi) is 4.31. The Morgan fingerprint density at radius 3 is 2.85 bits per heavy atom. The summed E-state index contributed by atoms with van der Waals surface area (Å²) in [6, 6.07) is 5.37. The lowest BCUT2D eigenvalue weighted by Gasteiger charge is -2.15. The van der Waals surface area contributed by atoms with Crippen LogP contribution in [0.4, 0.5) is 0 Å². The number of nitrogens with one attached hydrogen (secondary N) is 1. The number of amides is 1. The number of hydrogen-bond acceptors (Lipinski definition) is 5. The smallest absolute Gasteiger partial charge is 0.475 e. The van der Waals surface area contributed by atoms with E-state index in [0.717, 1.165) is 10.9 Å². The minimum atomic E-state index is -1.64. The van der Waals surface area contributed by atoms with Gasteiger partial charge in [-0.25, -0.2) is 0 Å². The maximum atomic E-state index is 11.1. The molecule has 0 saturated heterocycles. The second kappa shape index (κ2) is 5.98. The van der Waals surface area contributed by atoms with E-state index in [9.17, 15) is 14.8 Å². The van der Waals surface area contributed by atoms with Crippen LogP contribution in [-0.4, -0.2) is 36.1 Å². The number of hydrogen-bond donors (Lipinski definition) is 3. The summed E-state index contributed by atoms with van der Waals surface area (Å²) in [5.74, 6) is -0.436. The van der Waals surface area contributed by atoms with Crippen LogP contribution < -0.4 is 10.1 Å². The van der Waals surface area contributed by atoms with Gasteiger partial charge in [0.25, 0.3) is 0 Å². The molecule has 1 amide bonds. The lowest BCUT2D eigenvalue weighted by molar-refractivity contribution is -0.119. The van der Waals surface area contributed by atoms with Crippen LogP contribution in [0.15, 0.2) is 28.9 Å².